The van der Waals surface area contributed by atoms with Crippen LogP contribution < -0.4 is 4.74 Å². The molecular formula is C19H20O5S. The number of ether oxygens (including phenoxy) is 3. The average Bonchev–Trinajstić information content (AvgIpc) is 3.10. The monoisotopic (exact) mass is 360 g/mol. The van der Waals surface area contributed by atoms with Gasteiger partial charge < -0.3 is 14.2 Å². The molecule has 1 spiro atoms. The molecule has 0 amide bonds. The fourth-order valence-corrected chi connectivity index (χ4v) is 5.54. The highest BCUT2D eigenvalue weighted by Gasteiger charge is 2.51. The van der Waals surface area contributed by atoms with Gasteiger partial charge in [0.15, 0.2) is 15.6 Å². The number of benzene rings is 2. The SMILES string of the molecule is O=S1(=O)c2ccccc2C2(CC1CCOc1ccccc1)OCCO2. The minimum Gasteiger partial charge on any atom is -0.494 e. The highest BCUT2D eigenvalue weighted by atomic mass is 32.2. The molecule has 1 saturated heterocycles. The summed E-state index contributed by atoms with van der Waals surface area (Å²) in [7, 11) is -3.44. The highest BCUT2D eigenvalue weighted by Crippen LogP contribution is 2.46. The molecule has 5 nitrogen and oxygen atoms in total. The normalized spacial score (nSPS) is 23.3. The Morgan fingerprint density at radius 2 is 1.68 bits per heavy atom. The van der Waals surface area contributed by atoms with Crippen LogP contribution in [0.2, 0.25) is 0 Å². The fraction of sp³-hybridized carbons (Fsp3) is 0.368. The number of fused-ring (bicyclic) bond motifs is 2. The minimum atomic E-state index is -3.44. The molecule has 2 aliphatic rings. The molecule has 0 bridgehead atoms. The van der Waals surface area contributed by atoms with Crippen LogP contribution in [0.25, 0.3) is 0 Å². The summed E-state index contributed by atoms with van der Waals surface area (Å²) in [5.41, 5.74) is 0.618. The second-order valence-corrected chi connectivity index (χ2v) is 8.46. The lowest BCUT2D eigenvalue weighted by Gasteiger charge is -2.37. The van der Waals surface area contributed by atoms with Crippen LogP contribution in [-0.2, 0) is 25.1 Å². The van der Waals surface area contributed by atoms with Crippen molar-refractivity contribution in [3.8, 4) is 5.75 Å². The average molecular weight is 360 g/mol. The largest absolute Gasteiger partial charge is 0.494 e. The van der Waals surface area contributed by atoms with Gasteiger partial charge in [-0.2, -0.15) is 0 Å². The van der Waals surface area contributed by atoms with Gasteiger partial charge in [0.1, 0.15) is 5.75 Å². The molecule has 0 radical (unpaired) electrons. The van der Waals surface area contributed by atoms with Crippen molar-refractivity contribution in [1.29, 1.82) is 0 Å². The third-order valence-corrected chi connectivity index (χ3v) is 6.99. The third-order valence-electron chi connectivity index (χ3n) is 4.74. The first-order chi connectivity index (χ1) is 12.1. The van der Waals surface area contributed by atoms with Crippen molar-refractivity contribution in [2.24, 2.45) is 0 Å². The summed E-state index contributed by atoms with van der Waals surface area (Å²) in [6.07, 6.45) is 0.685. The molecule has 6 heteroatoms. The minimum absolute atomic E-state index is 0.296. The van der Waals surface area contributed by atoms with Crippen molar-refractivity contribution < 1.29 is 22.6 Å². The Morgan fingerprint density at radius 1 is 1.00 bits per heavy atom. The van der Waals surface area contributed by atoms with Crippen molar-refractivity contribution in [1.82, 2.24) is 0 Å². The summed E-state index contributed by atoms with van der Waals surface area (Å²) in [6, 6.07) is 16.4. The van der Waals surface area contributed by atoms with Gasteiger partial charge >= 0.3 is 0 Å². The summed E-state index contributed by atoms with van der Waals surface area (Å²) in [6.45, 7) is 1.27. The molecule has 1 fully saturated rings. The van der Waals surface area contributed by atoms with Crippen molar-refractivity contribution in [2.75, 3.05) is 19.8 Å². The molecule has 2 heterocycles. The number of rotatable bonds is 4. The van der Waals surface area contributed by atoms with Crippen LogP contribution in [0.5, 0.6) is 5.75 Å². The molecular weight excluding hydrogens is 340 g/mol. The summed E-state index contributed by atoms with van der Waals surface area (Å²) in [5, 5.41) is -0.593. The first-order valence-corrected chi connectivity index (χ1v) is 9.96. The molecule has 0 aromatic heterocycles. The second kappa shape index (κ2) is 6.44. The second-order valence-electron chi connectivity index (χ2n) is 6.27. The number of hydrogen-bond acceptors (Lipinski definition) is 5. The Balaban J connectivity index is 1.58. The molecule has 132 valence electrons. The Hall–Kier alpha value is -1.89. The third kappa shape index (κ3) is 2.94. The molecule has 2 aromatic carbocycles. The maximum absolute atomic E-state index is 13.0. The lowest BCUT2D eigenvalue weighted by molar-refractivity contribution is -0.174. The van der Waals surface area contributed by atoms with Crippen LogP contribution in [0.15, 0.2) is 59.5 Å². The quantitative estimate of drug-likeness (QED) is 0.839. The summed E-state index contributed by atoms with van der Waals surface area (Å²) in [4.78, 5) is 0.313. The van der Waals surface area contributed by atoms with Gasteiger partial charge in [-0.25, -0.2) is 8.42 Å². The molecule has 1 unspecified atom stereocenters. The zero-order valence-corrected chi connectivity index (χ0v) is 14.6. The van der Waals surface area contributed by atoms with Crippen molar-refractivity contribution in [3.05, 3.63) is 60.2 Å². The Bertz CT molecular complexity index is 841. The van der Waals surface area contributed by atoms with Gasteiger partial charge in [0, 0.05) is 12.0 Å². The van der Waals surface area contributed by atoms with Crippen LogP contribution in [0.3, 0.4) is 0 Å². The lowest BCUT2D eigenvalue weighted by atomic mass is 9.98. The van der Waals surface area contributed by atoms with Gasteiger partial charge in [0.2, 0.25) is 0 Å². The van der Waals surface area contributed by atoms with Gasteiger partial charge in [-0.05, 0) is 24.6 Å². The van der Waals surface area contributed by atoms with E-state index in [4.69, 9.17) is 14.2 Å². The highest BCUT2D eigenvalue weighted by molar-refractivity contribution is 7.92. The van der Waals surface area contributed by atoms with Crippen LogP contribution in [0.1, 0.15) is 18.4 Å². The molecule has 2 aliphatic heterocycles. The zero-order chi connectivity index (χ0) is 17.3. The van der Waals surface area contributed by atoms with E-state index in [-0.39, 0.29) is 0 Å². The predicted molar refractivity (Wildman–Crippen MR) is 92.2 cm³/mol. The lowest BCUT2D eigenvalue weighted by Crippen LogP contribution is -2.42. The van der Waals surface area contributed by atoms with E-state index in [2.05, 4.69) is 0 Å². The summed E-state index contributed by atoms with van der Waals surface area (Å²) >= 11 is 0. The van der Waals surface area contributed by atoms with Crippen LogP contribution >= 0.6 is 0 Å². The van der Waals surface area contributed by atoms with E-state index < -0.39 is 20.9 Å². The van der Waals surface area contributed by atoms with Gasteiger partial charge in [-0.15, -0.1) is 0 Å². The molecule has 2 aromatic rings. The topological polar surface area (TPSA) is 61.8 Å². The Morgan fingerprint density at radius 3 is 2.44 bits per heavy atom. The van der Waals surface area contributed by atoms with Crippen molar-refractivity contribution >= 4 is 9.84 Å². The van der Waals surface area contributed by atoms with E-state index >= 15 is 0 Å². The number of hydrogen-bond donors (Lipinski definition) is 0. The van der Waals surface area contributed by atoms with Gasteiger partial charge in [-0.1, -0.05) is 36.4 Å². The maximum Gasteiger partial charge on any atom is 0.197 e. The first-order valence-electron chi connectivity index (χ1n) is 8.41. The standard InChI is InChI=1S/C19H20O5S/c20-25(21)16(10-11-22-15-6-2-1-3-7-15)14-19(23-12-13-24-19)17-8-4-5-9-18(17)25/h1-9,16H,10-14H2. The molecule has 1 atom stereocenters. The van der Waals surface area contributed by atoms with Gasteiger partial charge in [0.25, 0.3) is 0 Å². The van der Waals surface area contributed by atoms with Crippen molar-refractivity contribution in [2.45, 2.75) is 28.8 Å². The van der Waals surface area contributed by atoms with E-state index in [0.29, 0.717) is 43.1 Å². The van der Waals surface area contributed by atoms with Crippen molar-refractivity contribution in [3.63, 3.8) is 0 Å². The number of sulfone groups is 1. The smallest absolute Gasteiger partial charge is 0.197 e. The molecule has 0 saturated carbocycles. The van der Waals surface area contributed by atoms with Crippen LogP contribution in [-0.4, -0.2) is 33.5 Å². The maximum atomic E-state index is 13.0. The van der Waals surface area contributed by atoms with Crippen LogP contribution in [0, 0.1) is 0 Å². The van der Waals surface area contributed by atoms with E-state index in [1.807, 2.05) is 36.4 Å². The van der Waals surface area contributed by atoms with E-state index in [1.54, 1.807) is 18.2 Å². The van der Waals surface area contributed by atoms with E-state index in [1.165, 1.54) is 0 Å². The van der Waals surface area contributed by atoms with Crippen LogP contribution in [0.4, 0.5) is 0 Å². The molecule has 4 rings (SSSR count). The molecule has 25 heavy (non-hydrogen) atoms. The number of para-hydroxylation sites is 1. The summed E-state index contributed by atoms with van der Waals surface area (Å²) in [5.74, 6) is -0.210. The van der Waals surface area contributed by atoms with E-state index in [0.717, 1.165) is 5.75 Å². The zero-order valence-electron chi connectivity index (χ0n) is 13.8. The van der Waals surface area contributed by atoms with Gasteiger partial charge in [-0.3, -0.25) is 0 Å². The Kier molecular flexibility index (Phi) is 4.27. The fourth-order valence-electron chi connectivity index (χ4n) is 3.54. The Labute approximate surface area is 147 Å². The predicted octanol–water partition coefficient (Wildman–Crippen LogP) is 2.90. The van der Waals surface area contributed by atoms with E-state index in [9.17, 15) is 8.42 Å². The summed E-state index contributed by atoms with van der Waals surface area (Å²) < 4.78 is 43.5. The first kappa shape index (κ1) is 16.6. The van der Waals surface area contributed by atoms with Gasteiger partial charge in [0.05, 0.1) is 30.0 Å². The molecule has 0 N–H and O–H groups in total. The molecule has 0 aliphatic carbocycles.